The molecule has 1 aromatic heterocycles. The smallest absolute Gasteiger partial charge is 0.335 e. The van der Waals surface area contributed by atoms with Crippen molar-refractivity contribution in [2.75, 3.05) is 13.1 Å². The maximum absolute atomic E-state index is 12.6. The van der Waals surface area contributed by atoms with Crippen molar-refractivity contribution in [2.45, 2.75) is 46.2 Å². The molecular weight excluding hydrogens is 416 g/mol. The molecule has 0 bridgehead atoms. The Balaban J connectivity index is 1.54. The van der Waals surface area contributed by atoms with Gasteiger partial charge in [0.2, 0.25) is 5.88 Å². The molecule has 0 spiro atoms. The summed E-state index contributed by atoms with van der Waals surface area (Å²) in [6.45, 7) is 8.74. The zero-order chi connectivity index (χ0) is 23.5. The molecule has 0 aliphatic carbocycles. The predicted molar refractivity (Wildman–Crippen MR) is 130 cm³/mol. The first kappa shape index (κ1) is 22.7. The van der Waals surface area contributed by atoms with E-state index in [1.165, 1.54) is 21.2 Å². The van der Waals surface area contributed by atoms with Crippen LogP contribution in [0.2, 0.25) is 0 Å². The molecule has 172 valence electrons. The van der Waals surface area contributed by atoms with E-state index in [2.05, 4.69) is 34.2 Å². The van der Waals surface area contributed by atoms with Crippen molar-refractivity contribution in [3.63, 3.8) is 0 Å². The Kier molecular flexibility index (Phi) is 6.60. The van der Waals surface area contributed by atoms with Crippen LogP contribution in [0.15, 0.2) is 57.0 Å². The molecule has 7 nitrogen and oxygen atoms in total. The average molecular weight is 448 g/mol. The van der Waals surface area contributed by atoms with Gasteiger partial charge in [-0.25, -0.2) is 9.36 Å². The molecule has 3 aromatic rings. The quantitative estimate of drug-likeness (QED) is 0.521. The molecule has 7 heteroatoms. The summed E-state index contributed by atoms with van der Waals surface area (Å²) < 4.78 is 1.17. The zero-order valence-electron chi connectivity index (χ0n) is 19.4. The molecular formula is C26H31N4O3+. The number of H-pyrrole nitrogens is 1. The first-order valence-corrected chi connectivity index (χ1v) is 11.4. The van der Waals surface area contributed by atoms with Gasteiger partial charge < -0.3 is 10.0 Å². The minimum atomic E-state index is -0.664. The normalized spacial score (nSPS) is 18.6. The number of aromatic nitrogens is 2. The fourth-order valence-electron chi connectivity index (χ4n) is 4.79. The summed E-state index contributed by atoms with van der Waals surface area (Å²) in [4.78, 5) is 33.5. The highest BCUT2D eigenvalue weighted by Gasteiger charge is 2.22. The van der Waals surface area contributed by atoms with E-state index in [1.54, 1.807) is 0 Å². The Morgan fingerprint density at radius 1 is 1.09 bits per heavy atom. The van der Waals surface area contributed by atoms with Gasteiger partial charge in [-0.2, -0.15) is 0 Å². The first-order valence-electron chi connectivity index (χ1n) is 11.4. The second-order valence-electron chi connectivity index (χ2n) is 9.00. The van der Waals surface area contributed by atoms with Crippen molar-refractivity contribution in [3.05, 3.63) is 91.1 Å². The van der Waals surface area contributed by atoms with E-state index in [0.29, 0.717) is 5.69 Å². The fraction of sp³-hybridized carbons (Fsp3) is 0.346. The third kappa shape index (κ3) is 4.98. The Hall–Kier alpha value is -3.45. The van der Waals surface area contributed by atoms with Gasteiger partial charge in [0.25, 0.3) is 5.56 Å². The van der Waals surface area contributed by atoms with Crippen LogP contribution in [0.5, 0.6) is 5.88 Å². The van der Waals surface area contributed by atoms with Crippen LogP contribution in [0.25, 0.3) is 5.69 Å². The standard InChI is InChI=1S/C26H30N4O3/c1-17-13-18(2)23(19(3)14-17)30-25(32)22(24(31)28-26(30)33)15-27-21-9-11-29(12-10-21)16-20-7-5-4-6-8-20/h4-8,13-15,21,32H,9-12,16H2,1-3H3,(H,28,31,33)/p+1. The van der Waals surface area contributed by atoms with E-state index in [9.17, 15) is 14.7 Å². The zero-order valence-corrected chi connectivity index (χ0v) is 19.4. The molecule has 2 heterocycles. The summed E-state index contributed by atoms with van der Waals surface area (Å²) in [5.41, 5.74) is 3.36. The summed E-state index contributed by atoms with van der Waals surface area (Å²) in [5, 5.41) is 10.9. The van der Waals surface area contributed by atoms with Crippen molar-refractivity contribution < 1.29 is 10.0 Å². The van der Waals surface area contributed by atoms with Gasteiger partial charge in [0.05, 0.1) is 24.8 Å². The lowest BCUT2D eigenvalue weighted by atomic mass is 10.0. The predicted octanol–water partition coefficient (Wildman–Crippen LogP) is 1.82. The number of likely N-dealkylation sites (tertiary alicyclic amines) is 1. The monoisotopic (exact) mass is 447 g/mol. The number of aromatic hydroxyl groups is 1. The van der Waals surface area contributed by atoms with Crippen molar-refractivity contribution >= 4 is 6.21 Å². The summed E-state index contributed by atoms with van der Waals surface area (Å²) in [6, 6.07) is 14.4. The lowest BCUT2D eigenvalue weighted by molar-refractivity contribution is -0.918. The molecule has 33 heavy (non-hydrogen) atoms. The number of benzene rings is 2. The van der Waals surface area contributed by atoms with E-state index >= 15 is 0 Å². The van der Waals surface area contributed by atoms with Gasteiger partial charge in [-0.1, -0.05) is 48.0 Å². The van der Waals surface area contributed by atoms with Crippen LogP contribution in [-0.4, -0.2) is 40.0 Å². The first-order chi connectivity index (χ1) is 15.8. The topological polar surface area (TPSA) is 91.9 Å². The molecule has 1 aliphatic rings. The number of hydrogen-bond donors (Lipinski definition) is 3. The highest BCUT2D eigenvalue weighted by atomic mass is 16.3. The summed E-state index contributed by atoms with van der Waals surface area (Å²) in [7, 11) is 0. The summed E-state index contributed by atoms with van der Waals surface area (Å²) in [6.07, 6.45) is 3.25. The van der Waals surface area contributed by atoms with Crippen LogP contribution in [0.1, 0.15) is 40.7 Å². The van der Waals surface area contributed by atoms with E-state index in [4.69, 9.17) is 0 Å². The molecule has 0 atom stereocenters. The number of hydrogen-bond acceptors (Lipinski definition) is 4. The molecule has 0 unspecified atom stereocenters. The van der Waals surface area contributed by atoms with Gasteiger partial charge in [-0.3, -0.25) is 14.8 Å². The Morgan fingerprint density at radius 3 is 2.36 bits per heavy atom. The largest absolute Gasteiger partial charge is 0.493 e. The maximum Gasteiger partial charge on any atom is 0.335 e. The van der Waals surface area contributed by atoms with Gasteiger partial charge in [-0.05, 0) is 31.9 Å². The highest BCUT2D eigenvalue weighted by molar-refractivity contribution is 5.82. The van der Waals surface area contributed by atoms with E-state index in [0.717, 1.165) is 49.2 Å². The number of aryl methyl sites for hydroxylation is 3. The molecule has 1 saturated heterocycles. The number of piperidine rings is 1. The maximum atomic E-state index is 12.6. The Bertz CT molecular complexity index is 1260. The summed E-state index contributed by atoms with van der Waals surface area (Å²) >= 11 is 0. The van der Waals surface area contributed by atoms with Crippen LogP contribution in [0.3, 0.4) is 0 Å². The molecule has 1 aliphatic heterocycles. The van der Waals surface area contributed by atoms with Gasteiger partial charge in [0.1, 0.15) is 12.1 Å². The van der Waals surface area contributed by atoms with Gasteiger partial charge in [0.15, 0.2) is 0 Å². The third-order valence-corrected chi connectivity index (χ3v) is 6.35. The molecule has 0 radical (unpaired) electrons. The van der Waals surface area contributed by atoms with Crippen molar-refractivity contribution in [2.24, 2.45) is 4.99 Å². The number of aromatic amines is 1. The lowest BCUT2D eigenvalue weighted by Crippen LogP contribution is -3.12. The van der Waals surface area contributed by atoms with Gasteiger partial charge in [-0.15, -0.1) is 0 Å². The van der Waals surface area contributed by atoms with Crippen LogP contribution in [0.4, 0.5) is 0 Å². The number of quaternary nitrogens is 1. The third-order valence-electron chi connectivity index (χ3n) is 6.35. The summed E-state index contributed by atoms with van der Waals surface area (Å²) in [5.74, 6) is -0.380. The number of aliphatic imine (C=N–C) groups is 1. The molecule has 3 N–H and O–H groups in total. The van der Waals surface area contributed by atoms with Gasteiger partial charge >= 0.3 is 5.69 Å². The van der Waals surface area contributed by atoms with Crippen molar-refractivity contribution in [3.8, 4) is 11.6 Å². The van der Waals surface area contributed by atoms with E-state index in [-0.39, 0.29) is 17.5 Å². The van der Waals surface area contributed by atoms with Crippen LogP contribution in [-0.2, 0) is 6.54 Å². The molecule has 4 rings (SSSR count). The molecule has 2 aromatic carbocycles. The number of nitrogens with one attached hydrogen (secondary N) is 2. The van der Waals surface area contributed by atoms with Crippen LogP contribution >= 0.6 is 0 Å². The minimum Gasteiger partial charge on any atom is -0.493 e. The van der Waals surface area contributed by atoms with Crippen molar-refractivity contribution in [1.29, 1.82) is 0 Å². The van der Waals surface area contributed by atoms with Gasteiger partial charge in [0, 0.05) is 24.6 Å². The van der Waals surface area contributed by atoms with E-state index < -0.39 is 11.2 Å². The van der Waals surface area contributed by atoms with Crippen LogP contribution < -0.4 is 16.1 Å². The Morgan fingerprint density at radius 2 is 1.73 bits per heavy atom. The SMILES string of the molecule is Cc1cc(C)c(-n2c(O)c(C=NC3CC[NH+](Cc4ccccc4)CC3)c(=O)[nH]c2=O)c(C)c1. The van der Waals surface area contributed by atoms with E-state index in [1.807, 2.05) is 39.0 Å². The van der Waals surface area contributed by atoms with Crippen LogP contribution in [0, 0.1) is 20.8 Å². The molecule has 0 saturated carbocycles. The highest BCUT2D eigenvalue weighted by Crippen LogP contribution is 2.24. The number of rotatable bonds is 5. The second-order valence-corrected chi connectivity index (χ2v) is 9.00. The lowest BCUT2D eigenvalue weighted by Gasteiger charge is -2.27. The fourth-order valence-corrected chi connectivity index (χ4v) is 4.79. The van der Waals surface area contributed by atoms with Crippen molar-refractivity contribution in [1.82, 2.24) is 9.55 Å². The Labute approximate surface area is 193 Å². The molecule has 1 fully saturated rings. The average Bonchev–Trinajstić information content (AvgIpc) is 2.77. The molecule has 0 amide bonds. The second kappa shape index (κ2) is 9.58. The minimum absolute atomic E-state index is 0.00744. The number of nitrogens with zero attached hydrogens (tertiary/aromatic N) is 2.